The largest absolute Gasteiger partial charge is 0.442 e. The zero-order valence-electron chi connectivity index (χ0n) is 16.6. The van der Waals surface area contributed by atoms with E-state index in [1.165, 1.54) is 6.92 Å². The molecule has 8 heteroatoms. The van der Waals surface area contributed by atoms with Crippen LogP contribution in [0, 0.1) is 0 Å². The van der Waals surface area contributed by atoms with E-state index in [-0.39, 0.29) is 24.7 Å². The maximum Gasteiger partial charge on any atom is 0.414 e. The second-order valence-electron chi connectivity index (χ2n) is 7.33. The molecule has 2 atom stereocenters. The number of oxime groups is 1. The summed E-state index contributed by atoms with van der Waals surface area (Å²) in [5, 5.41) is 15.9. The van der Waals surface area contributed by atoms with Gasteiger partial charge >= 0.3 is 6.09 Å². The Hall–Kier alpha value is -3.39. The number of carbonyl (C=O) groups is 2. The SMILES string of the molecule is CC(=O)NCC1CN(c2ccc(-c3ccc(C4=NO[C@@H](CO)C4)cc3)cc2)C(=O)O1. The third-order valence-corrected chi connectivity index (χ3v) is 5.12. The van der Waals surface area contributed by atoms with E-state index in [1.807, 2.05) is 48.5 Å². The molecule has 2 N–H and O–H groups in total. The van der Waals surface area contributed by atoms with Crippen LogP contribution in [0.4, 0.5) is 10.5 Å². The van der Waals surface area contributed by atoms with Gasteiger partial charge in [0.15, 0.2) is 6.10 Å². The van der Waals surface area contributed by atoms with E-state index < -0.39 is 6.09 Å². The Labute approximate surface area is 174 Å². The summed E-state index contributed by atoms with van der Waals surface area (Å²) in [5.41, 5.74) is 4.61. The van der Waals surface area contributed by atoms with Crippen molar-refractivity contribution >= 4 is 23.4 Å². The molecule has 8 nitrogen and oxygen atoms in total. The fraction of sp³-hybridized carbons (Fsp3) is 0.318. The summed E-state index contributed by atoms with van der Waals surface area (Å²) in [7, 11) is 0. The summed E-state index contributed by atoms with van der Waals surface area (Å²) in [4.78, 5) is 29.9. The minimum atomic E-state index is -0.414. The quantitative estimate of drug-likeness (QED) is 0.763. The molecular weight excluding hydrogens is 386 g/mol. The Balaban J connectivity index is 1.41. The van der Waals surface area contributed by atoms with Gasteiger partial charge in [0.1, 0.15) is 6.10 Å². The zero-order chi connectivity index (χ0) is 21.1. The van der Waals surface area contributed by atoms with Crippen LogP contribution >= 0.6 is 0 Å². The van der Waals surface area contributed by atoms with Crippen molar-refractivity contribution in [2.75, 3.05) is 24.6 Å². The third-order valence-electron chi connectivity index (χ3n) is 5.12. The van der Waals surface area contributed by atoms with Gasteiger partial charge in [-0.2, -0.15) is 0 Å². The van der Waals surface area contributed by atoms with E-state index in [4.69, 9.17) is 14.7 Å². The molecule has 4 rings (SSSR count). The Morgan fingerprint density at radius 2 is 1.73 bits per heavy atom. The van der Waals surface area contributed by atoms with Gasteiger partial charge in [-0.25, -0.2) is 4.79 Å². The first-order chi connectivity index (χ1) is 14.5. The summed E-state index contributed by atoms with van der Waals surface area (Å²) in [6, 6.07) is 15.6. The standard InChI is InChI=1S/C22H23N3O5/c1-14(27)23-11-20-12-25(22(28)29-20)18-8-6-16(7-9-18)15-2-4-17(5-3-15)21-10-19(13-26)30-24-21/h2-9,19-20,26H,10-13H2,1H3,(H,23,27)/t19-,20?/m1/s1. The molecule has 30 heavy (non-hydrogen) atoms. The number of nitrogens with one attached hydrogen (secondary N) is 1. The normalized spacial score (nSPS) is 20.5. The number of anilines is 1. The molecule has 2 heterocycles. The lowest BCUT2D eigenvalue weighted by Crippen LogP contribution is -2.33. The second kappa shape index (κ2) is 8.54. The van der Waals surface area contributed by atoms with Crippen LogP contribution in [0.1, 0.15) is 18.9 Å². The average molecular weight is 409 g/mol. The first-order valence-corrected chi connectivity index (χ1v) is 9.80. The van der Waals surface area contributed by atoms with Crippen LogP contribution in [0.2, 0.25) is 0 Å². The molecular formula is C22H23N3O5. The predicted octanol–water partition coefficient (Wildman–Crippen LogP) is 2.30. The molecule has 0 radical (unpaired) electrons. The molecule has 0 bridgehead atoms. The van der Waals surface area contributed by atoms with Crippen LogP contribution in [0.15, 0.2) is 53.7 Å². The van der Waals surface area contributed by atoms with Crippen LogP contribution in [0.3, 0.4) is 0 Å². The summed E-state index contributed by atoms with van der Waals surface area (Å²) >= 11 is 0. The number of amides is 2. The molecule has 2 aliphatic rings. The number of aliphatic hydroxyl groups is 1. The number of benzene rings is 2. The van der Waals surface area contributed by atoms with Gasteiger partial charge in [-0.3, -0.25) is 9.69 Å². The Bertz CT molecular complexity index is 956. The molecule has 156 valence electrons. The lowest BCUT2D eigenvalue weighted by molar-refractivity contribution is -0.119. The van der Waals surface area contributed by atoms with Crippen LogP contribution in [-0.4, -0.2) is 54.7 Å². The number of rotatable bonds is 6. The van der Waals surface area contributed by atoms with E-state index in [9.17, 15) is 9.59 Å². The molecule has 0 aromatic heterocycles. The smallest absolute Gasteiger partial charge is 0.414 e. The summed E-state index contributed by atoms with van der Waals surface area (Å²) in [6.07, 6.45) is -0.438. The van der Waals surface area contributed by atoms with Gasteiger partial charge in [0.05, 0.1) is 25.4 Å². The molecule has 1 unspecified atom stereocenters. The van der Waals surface area contributed by atoms with Crippen LogP contribution in [-0.2, 0) is 14.4 Å². The number of ether oxygens (including phenoxy) is 1. The first kappa shape index (κ1) is 19.9. The molecule has 1 saturated heterocycles. The summed E-state index contributed by atoms with van der Waals surface area (Å²) in [5.74, 6) is -0.152. The summed E-state index contributed by atoms with van der Waals surface area (Å²) in [6.45, 7) is 2.08. The Kier molecular flexibility index (Phi) is 5.67. The van der Waals surface area contributed by atoms with Crippen LogP contribution in [0.5, 0.6) is 0 Å². The Morgan fingerprint density at radius 1 is 1.10 bits per heavy atom. The molecule has 0 spiro atoms. The van der Waals surface area contributed by atoms with Crippen molar-refractivity contribution in [3.05, 3.63) is 54.1 Å². The number of carbonyl (C=O) groups excluding carboxylic acids is 2. The van der Waals surface area contributed by atoms with Gasteiger partial charge in [-0.05, 0) is 28.8 Å². The van der Waals surface area contributed by atoms with E-state index in [0.29, 0.717) is 19.5 Å². The highest BCUT2D eigenvalue weighted by Crippen LogP contribution is 2.27. The average Bonchev–Trinajstić information content (AvgIpc) is 3.39. The molecule has 2 amide bonds. The number of hydrogen-bond donors (Lipinski definition) is 2. The maximum atomic E-state index is 12.1. The minimum Gasteiger partial charge on any atom is -0.442 e. The lowest BCUT2D eigenvalue weighted by atomic mass is 10.00. The van der Waals surface area contributed by atoms with Gasteiger partial charge in [0.2, 0.25) is 5.91 Å². The Morgan fingerprint density at radius 3 is 2.33 bits per heavy atom. The van der Waals surface area contributed by atoms with Crippen molar-refractivity contribution in [1.29, 1.82) is 0 Å². The number of nitrogens with zero attached hydrogens (tertiary/aromatic N) is 2. The molecule has 2 aromatic carbocycles. The number of aliphatic hydroxyl groups excluding tert-OH is 1. The third kappa shape index (κ3) is 4.28. The van der Waals surface area contributed by atoms with Crippen molar-refractivity contribution in [2.45, 2.75) is 25.6 Å². The topological polar surface area (TPSA) is 100 Å². The van der Waals surface area contributed by atoms with Gasteiger partial charge in [0.25, 0.3) is 0 Å². The van der Waals surface area contributed by atoms with E-state index in [2.05, 4.69) is 10.5 Å². The summed E-state index contributed by atoms with van der Waals surface area (Å²) < 4.78 is 5.31. The molecule has 0 saturated carbocycles. The van der Waals surface area contributed by atoms with Crippen molar-refractivity contribution < 1.29 is 24.3 Å². The zero-order valence-corrected chi connectivity index (χ0v) is 16.6. The van der Waals surface area contributed by atoms with Crippen molar-refractivity contribution in [3.8, 4) is 11.1 Å². The van der Waals surface area contributed by atoms with Gasteiger partial charge in [-0.15, -0.1) is 0 Å². The minimum absolute atomic E-state index is 0.0457. The highest BCUT2D eigenvalue weighted by atomic mass is 16.6. The van der Waals surface area contributed by atoms with Crippen LogP contribution in [0.25, 0.3) is 11.1 Å². The molecule has 1 fully saturated rings. The van der Waals surface area contributed by atoms with E-state index in [0.717, 1.165) is 28.1 Å². The van der Waals surface area contributed by atoms with Crippen molar-refractivity contribution in [2.24, 2.45) is 5.16 Å². The number of cyclic esters (lactones) is 1. The monoisotopic (exact) mass is 409 g/mol. The highest BCUT2D eigenvalue weighted by Gasteiger charge is 2.32. The van der Waals surface area contributed by atoms with E-state index >= 15 is 0 Å². The first-order valence-electron chi connectivity index (χ1n) is 9.80. The van der Waals surface area contributed by atoms with Crippen molar-refractivity contribution in [3.63, 3.8) is 0 Å². The number of hydrogen-bond acceptors (Lipinski definition) is 6. The van der Waals surface area contributed by atoms with Crippen LogP contribution < -0.4 is 10.2 Å². The predicted molar refractivity (Wildman–Crippen MR) is 111 cm³/mol. The highest BCUT2D eigenvalue weighted by molar-refractivity contribution is 6.01. The molecule has 0 aliphatic carbocycles. The van der Waals surface area contributed by atoms with Gasteiger partial charge in [-0.1, -0.05) is 41.6 Å². The molecule has 2 aliphatic heterocycles. The van der Waals surface area contributed by atoms with Gasteiger partial charge < -0.3 is 20.0 Å². The fourth-order valence-corrected chi connectivity index (χ4v) is 3.48. The van der Waals surface area contributed by atoms with Crippen molar-refractivity contribution in [1.82, 2.24) is 5.32 Å². The lowest BCUT2D eigenvalue weighted by Gasteiger charge is -2.14. The van der Waals surface area contributed by atoms with E-state index in [1.54, 1.807) is 4.90 Å². The van der Waals surface area contributed by atoms with Gasteiger partial charge in [0, 0.05) is 19.0 Å². The second-order valence-corrected chi connectivity index (χ2v) is 7.33. The maximum absolute atomic E-state index is 12.1. The fourth-order valence-electron chi connectivity index (χ4n) is 3.48. The molecule has 2 aromatic rings.